The van der Waals surface area contributed by atoms with Crippen molar-refractivity contribution in [2.24, 2.45) is 0 Å². The SMILES string of the molecule is CCN([C@@H]1COC[C@H]1O)S(=O)(=O)c1cccc(C(=O)N2CCNCC2)c1. The van der Waals surface area contributed by atoms with Crippen molar-refractivity contribution in [3.05, 3.63) is 29.8 Å². The van der Waals surface area contributed by atoms with Gasteiger partial charge in [0.25, 0.3) is 5.91 Å². The molecule has 9 heteroatoms. The Hall–Kier alpha value is -1.52. The summed E-state index contributed by atoms with van der Waals surface area (Å²) in [6.07, 6.45) is -0.851. The van der Waals surface area contributed by atoms with E-state index in [1.807, 2.05) is 0 Å². The second kappa shape index (κ2) is 8.01. The Balaban J connectivity index is 1.86. The van der Waals surface area contributed by atoms with E-state index in [4.69, 9.17) is 4.74 Å². The van der Waals surface area contributed by atoms with Crippen LogP contribution in [0.5, 0.6) is 0 Å². The number of nitrogens with one attached hydrogen (secondary N) is 1. The normalized spacial score (nSPS) is 24.2. The van der Waals surface area contributed by atoms with Crippen molar-refractivity contribution in [3.63, 3.8) is 0 Å². The molecule has 0 radical (unpaired) electrons. The summed E-state index contributed by atoms with van der Waals surface area (Å²) in [7, 11) is -3.84. The van der Waals surface area contributed by atoms with Gasteiger partial charge in [0.2, 0.25) is 10.0 Å². The number of sulfonamides is 1. The minimum absolute atomic E-state index is 0.0550. The molecule has 26 heavy (non-hydrogen) atoms. The molecule has 0 unspecified atom stereocenters. The molecule has 1 amide bonds. The second-order valence-electron chi connectivity index (χ2n) is 6.45. The maximum Gasteiger partial charge on any atom is 0.253 e. The van der Waals surface area contributed by atoms with Crippen LogP contribution in [-0.4, -0.2) is 86.7 Å². The van der Waals surface area contributed by atoms with Crippen LogP contribution < -0.4 is 5.32 Å². The number of likely N-dealkylation sites (N-methyl/N-ethyl adjacent to an activating group) is 1. The summed E-state index contributed by atoms with van der Waals surface area (Å²) in [5.41, 5.74) is 0.354. The number of hydrogen-bond donors (Lipinski definition) is 2. The Morgan fingerprint density at radius 2 is 2.08 bits per heavy atom. The van der Waals surface area contributed by atoms with Gasteiger partial charge < -0.3 is 20.1 Å². The molecule has 3 rings (SSSR count). The van der Waals surface area contributed by atoms with Crippen LogP contribution in [0.25, 0.3) is 0 Å². The van der Waals surface area contributed by atoms with Crippen molar-refractivity contribution in [2.75, 3.05) is 45.9 Å². The number of benzene rings is 1. The van der Waals surface area contributed by atoms with Crippen LogP contribution >= 0.6 is 0 Å². The average molecular weight is 383 g/mol. The molecule has 0 saturated carbocycles. The van der Waals surface area contributed by atoms with Crippen molar-refractivity contribution >= 4 is 15.9 Å². The summed E-state index contributed by atoms with van der Waals surface area (Å²) in [5, 5.41) is 13.2. The van der Waals surface area contributed by atoms with E-state index < -0.39 is 22.2 Å². The first kappa shape index (κ1) is 19.2. The molecule has 0 aromatic heterocycles. The van der Waals surface area contributed by atoms with Crippen LogP contribution in [0.1, 0.15) is 17.3 Å². The lowest BCUT2D eigenvalue weighted by molar-refractivity contribution is 0.0735. The van der Waals surface area contributed by atoms with Crippen LogP contribution in [0, 0.1) is 0 Å². The molecule has 2 atom stereocenters. The largest absolute Gasteiger partial charge is 0.389 e. The Bertz CT molecular complexity index is 749. The van der Waals surface area contributed by atoms with Crippen LogP contribution in [0.15, 0.2) is 29.2 Å². The Kier molecular flexibility index (Phi) is 5.93. The summed E-state index contributed by atoms with van der Waals surface area (Å²) in [6.45, 7) is 4.87. The molecule has 144 valence electrons. The van der Waals surface area contributed by atoms with E-state index in [-0.39, 0.29) is 30.6 Å². The number of hydrogen-bond acceptors (Lipinski definition) is 6. The van der Waals surface area contributed by atoms with Gasteiger partial charge in [-0.15, -0.1) is 0 Å². The van der Waals surface area contributed by atoms with E-state index in [0.717, 1.165) is 13.1 Å². The molecule has 2 saturated heterocycles. The fraction of sp³-hybridized carbons (Fsp3) is 0.588. The molecule has 1 aromatic carbocycles. The first-order valence-corrected chi connectivity index (χ1v) is 10.3. The van der Waals surface area contributed by atoms with Crippen LogP contribution in [-0.2, 0) is 14.8 Å². The maximum atomic E-state index is 13.1. The van der Waals surface area contributed by atoms with Gasteiger partial charge in [-0.2, -0.15) is 4.31 Å². The number of carbonyl (C=O) groups excluding carboxylic acids is 1. The van der Waals surface area contributed by atoms with E-state index in [1.165, 1.54) is 16.4 Å². The third kappa shape index (κ3) is 3.77. The van der Waals surface area contributed by atoms with Crippen LogP contribution in [0.2, 0.25) is 0 Å². The topological polar surface area (TPSA) is 99.2 Å². The third-order valence-corrected chi connectivity index (χ3v) is 6.79. The quantitative estimate of drug-likeness (QED) is 0.711. The van der Waals surface area contributed by atoms with Gasteiger partial charge in [0.1, 0.15) is 0 Å². The highest BCUT2D eigenvalue weighted by Crippen LogP contribution is 2.24. The average Bonchev–Trinajstić information content (AvgIpc) is 3.08. The highest BCUT2D eigenvalue weighted by molar-refractivity contribution is 7.89. The van der Waals surface area contributed by atoms with Gasteiger partial charge in [-0.25, -0.2) is 8.42 Å². The van der Waals surface area contributed by atoms with Gasteiger partial charge in [0.15, 0.2) is 0 Å². The lowest BCUT2D eigenvalue weighted by atomic mass is 10.2. The molecule has 1 aromatic rings. The fourth-order valence-electron chi connectivity index (χ4n) is 3.36. The fourth-order valence-corrected chi connectivity index (χ4v) is 5.06. The Labute approximate surface area is 153 Å². The number of amides is 1. The number of ether oxygens (including phenoxy) is 1. The zero-order valence-corrected chi connectivity index (χ0v) is 15.6. The Morgan fingerprint density at radius 3 is 2.69 bits per heavy atom. The predicted molar refractivity (Wildman–Crippen MR) is 95.4 cm³/mol. The standard InChI is InChI=1S/C17H25N3O5S/c1-2-20(15-11-25-12-16(15)21)26(23,24)14-5-3-4-13(10-14)17(22)19-8-6-18-7-9-19/h3-5,10,15-16,18,21H,2,6-9,11-12H2,1H3/t15-,16-/m1/s1. The monoisotopic (exact) mass is 383 g/mol. The summed E-state index contributed by atoms with van der Waals surface area (Å²) in [6, 6.07) is 5.50. The van der Waals surface area contributed by atoms with E-state index in [2.05, 4.69) is 5.32 Å². The van der Waals surface area contributed by atoms with E-state index in [1.54, 1.807) is 24.0 Å². The number of piperazine rings is 1. The van der Waals surface area contributed by atoms with E-state index >= 15 is 0 Å². The molecular weight excluding hydrogens is 358 g/mol. The molecule has 2 aliphatic heterocycles. The van der Waals surface area contributed by atoms with Crippen molar-refractivity contribution in [1.82, 2.24) is 14.5 Å². The lowest BCUT2D eigenvalue weighted by Gasteiger charge is -2.29. The van der Waals surface area contributed by atoms with Crippen molar-refractivity contribution in [2.45, 2.75) is 24.0 Å². The summed E-state index contributed by atoms with van der Waals surface area (Å²) >= 11 is 0. The van der Waals surface area contributed by atoms with Crippen molar-refractivity contribution in [1.29, 1.82) is 0 Å². The molecule has 2 fully saturated rings. The van der Waals surface area contributed by atoms with Gasteiger partial charge in [0, 0.05) is 38.3 Å². The summed E-state index contributed by atoms with van der Waals surface area (Å²) in [4.78, 5) is 14.4. The van der Waals surface area contributed by atoms with Gasteiger partial charge in [0.05, 0.1) is 30.3 Å². The minimum atomic E-state index is -3.84. The number of nitrogens with zero attached hydrogens (tertiary/aromatic N) is 2. The highest BCUT2D eigenvalue weighted by atomic mass is 32.2. The first-order valence-electron chi connectivity index (χ1n) is 8.83. The number of aliphatic hydroxyl groups is 1. The molecule has 0 bridgehead atoms. The lowest BCUT2D eigenvalue weighted by Crippen LogP contribution is -2.47. The highest BCUT2D eigenvalue weighted by Gasteiger charge is 2.38. The smallest absolute Gasteiger partial charge is 0.253 e. The molecule has 2 heterocycles. The minimum Gasteiger partial charge on any atom is -0.389 e. The van der Waals surface area contributed by atoms with Gasteiger partial charge >= 0.3 is 0 Å². The summed E-state index contributed by atoms with van der Waals surface area (Å²) in [5.74, 6) is -0.171. The predicted octanol–water partition coefficient (Wildman–Crippen LogP) is -0.498. The molecule has 0 aliphatic carbocycles. The zero-order valence-electron chi connectivity index (χ0n) is 14.8. The first-order chi connectivity index (χ1) is 12.4. The number of carbonyl (C=O) groups is 1. The zero-order chi connectivity index (χ0) is 18.7. The van der Waals surface area contributed by atoms with Gasteiger partial charge in [-0.05, 0) is 18.2 Å². The Morgan fingerprint density at radius 1 is 1.35 bits per heavy atom. The summed E-state index contributed by atoms with van der Waals surface area (Å²) < 4.78 is 32.6. The molecule has 2 N–H and O–H groups in total. The molecule has 8 nitrogen and oxygen atoms in total. The number of rotatable bonds is 5. The van der Waals surface area contributed by atoms with E-state index in [9.17, 15) is 18.3 Å². The van der Waals surface area contributed by atoms with Crippen molar-refractivity contribution in [3.8, 4) is 0 Å². The maximum absolute atomic E-state index is 13.1. The van der Waals surface area contributed by atoms with E-state index in [0.29, 0.717) is 18.7 Å². The van der Waals surface area contributed by atoms with Gasteiger partial charge in [-0.1, -0.05) is 13.0 Å². The number of aliphatic hydroxyl groups excluding tert-OH is 1. The second-order valence-corrected chi connectivity index (χ2v) is 8.34. The van der Waals surface area contributed by atoms with Crippen molar-refractivity contribution < 1.29 is 23.1 Å². The van der Waals surface area contributed by atoms with Crippen LogP contribution in [0.4, 0.5) is 0 Å². The molecule has 0 spiro atoms. The van der Waals surface area contributed by atoms with Crippen LogP contribution in [0.3, 0.4) is 0 Å². The molecule has 2 aliphatic rings. The van der Waals surface area contributed by atoms with Gasteiger partial charge in [-0.3, -0.25) is 4.79 Å². The third-order valence-electron chi connectivity index (χ3n) is 4.79. The molecular formula is C17H25N3O5S.